The molecule has 0 aliphatic carbocycles. The quantitative estimate of drug-likeness (QED) is 0.745. The standard InChI is InChI=1S/C10H12N2O2S/c1-7-2-3-15-8(7)4-12-5-9(13)11-10(14)6-12/h2-3H,4-6H2,1H3,(H,11,13,14). The van der Waals surface area contributed by atoms with Gasteiger partial charge in [0.25, 0.3) is 0 Å². The maximum absolute atomic E-state index is 11.1. The van der Waals surface area contributed by atoms with E-state index in [1.807, 2.05) is 23.3 Å². The highest BCUT2D eigenvalue weighted by Crippen LogP contribution is 2.17. The molecule has 0 radical (unpaired) electrons. The lowest BCUT2D eigenvalue weighted by Crippen LogP contribution is -2.50. The molecule has 0 saturated carbocycles. The minimum atomic E-state index is -0.208. The van der Waals surface area contributed by atoms with Crippen molar-refractivity contribution in [2.45, 2.75) is 13.5 Å². The van der Waals surface area contributed by atoms with Gasteiger partial charge in [-0.05, 0) is 23.9 Å². The molecule has 1 N–H and O–H groups in total. The zero-order valence-electron chi connectivity index (χ0n) is 8.45. The summed E-state index contributed by atoms with van der Waals surface area (Å²) in [5.74, 6) is -0.416. The van der Waals surface area contributed by atoms with Crippen molar-refractivity contribution < 1.29 is 9.59 Å². The second kappa shape index (κ2) is 4.12. The number of piperazine rings is 1. The molecule has 1 aliphatic heterocycles. The molecule has 1 aromatic rings. The van der Waals surface area contributed by atoms with Crippen LogP contribution in [0.15, 0.2) is 11.4 Å². The summed E-state index contributed by atoms with van der Waals surface area (Å²) in [5, 5.41) is 4.31. The topological polar surface area (TPSA) is 49.4 Å². The summed E-state index contributed by atoms with van der Waals surface area (Å²) in [6.45, 7) is 3.34. The number of hydrogen-bond donors (Lipinski definition) is 1. The predicted octanol–water partition coefficient (Wildman–Crippen LogP) is 0.515. The number of nitrogens with zero attached hydrogens (tertiary/aromatic N) is 1. The smallest absolute Gasteiger partial charge is 0.240 e. The Morgan fingerprint density at radius 3 is 2.60 bits per heavy atom. The van der Waals surface area contributed by atoms with Gasteiger partial charge in [0, 0.05) is 11.4 Å². The van der Waals surface area contributed by atoms with Crippen LogP contribution in [0.5, 0.6) is 0 Å². The largest absolute Gasteiger partial charge is 0.294 e. The van der Waals surface area contributed by atoms with Gasteiger partial charge >= 0.3 is 0 Å². The number of imide groups is 1. The molecule has 5 heteroatoms. The van der Waals surface area contributed by atoms with Crippen molar-refractivity contribution in [3.8, 4) is 0 Å². The number of aryl methyl sites for hydroxylation is 1. The lowest BCUT2D eigenvalue weighted by molar-refractivity contribution is -0.136. The summed E-state index contributed by atoms with van der Waals surface area (Å²) in [6, 6.07) is 2.05. The number of amides is 2. The summed E-state index contributed by atoms with van der Waals surface area (Å²) in [5.41, 5.74) is 1.22. The first-order chi connectivity index (χ1) is 7.15. The molecule has 15 heavy (non-hydrogen) atoms. The van der Waals surface area contributed by atoms with Crippen LogP contribution in [-0.4, -0.2) is 29.8 Å². The van der Waals surface area contributed by atoms with Gasteiger partial charge in [-0.2, -0.15) is 0 Å². The van der Waals surface area contributed by atoms with Gasteiger partial charge in [0.05, 0.1) is 13.1 Å². The molecule has 0 unspecified atom stereocenters. The Bertz CT molecular complexity index is 384. The summed E-state index contributed by atoms with van der Waals surface area (Å²) < 4.78 is 0. The predicted molar refractivity (Wildman–Crippen MR) is 57.5 cm³/mol. The van der Waals surface area contributed by atoms with Crippen LogP contribution in [-0.2, 0) is 16.1 Å². The minimum absolute atomic E-state index is 0.208. The van der Waals surface area contributed by atoms with Gasteiger partial charge < -0.3 is 0 Å². The van der Waals surface area contributed by atoms with E-state index in [0.717, 1.165) is 0 Å². The first kappa shape index (κ1) is 10.3. The van der Waals surface area contributed by atoms with Crippen molar-refractivity contribution in [2.24, 2.45) is 0 Å². The Morgan fingerprint density at radius 2 is 2.07 bits per heavy atom. The lowest BCUT2D eigenvalue weighted by Gasteiger charge is -2.24. The van der Waals surface area contributed by atoms with Crippen LogP contribution in [0.2, 0.25) is 0 Å². The molecule has 2 amide bonds. The van der Waals surface area contributed by atoms with E-state index in [0.29, 0.717) is 19.6 Å². The maximum Gasteiger partial charge on any atom is 0.240 e. The minimum Gasteiger partial charge on any atom is -0.294 e. The average molecular weight is 224 g/mol. The van der Waals surface area contributed by atoms with Gasteiger partial charge in [-0.15, -0.1) is 11.3 Å². The normalized spacial score (nSPS) is 17.9. The van der Waals surface area contributed by atoms with E-state index in [2.05, 4.69) is 5.32 Å². The van der Waals surface area contributed by atoms with E-state index in [-0.39, 0.29) is 11.8 Å². The van der Waals surface area contributed by atoms with Gasteiger partial charge in [-0.25, -0.2) is 0 Å². The monoisotopic (exact) mass is 224 g/mol. The van der Waals surface area contributed by atoms with Crippen LogP contribution in [0, 0.1) is 6.92 Å². The fourth-order valence-corrected chi connectivity index (χ4v) is 2.53. The Morgan fingerprint density at radius 1 is 1.40 bits per heavy atom. The Labute approximate surface area is 91.9 Å². The second-order valence-corrected chi connectivity index (χ2v) is 4.64. The van der Waals surface area contributed by atoms with E-state index in [4.69, 9.17) is 0 Å². The zero-order chi connectivity index (χ0) is 10.8. The SMILES string of the molecule is Cc1ccsc1CN1CC(=O)NC(=O)C1. The third-order valence-electron chi connectivity index (χ3n) is 2.35. The molecule has 2 rings (SSSR count). The highest BCUT2D eigenvalue weighted by molar-refractivity contribution is 7.10. The molecule has 1 aliphatic rings. The summed E-state index contributed by atoms with van der Waals surface area (Å²) in [6.07, 6.45) is 0. The molecule has 0 aromatic carbocycles. The highest BCUT2D eigenvalue weighted by Gasteiger charge is 2.22. The van der Waals surface area contributed by atoms with Crippen molar-refractivity contribution in [3.05, 3.63) is 21.9 Å². The van der Waals surface area contributed by atoms with Crippen molar-refractivity contribution in [2.75, 3.05) is 13.1 Å². The van der Waals surface area contributed by atoms with E-state index >= 15 is 0 Å². The number of carbonyl (C=O) groups excluding carboxylic acids is 2. The Kier molecular flexibility index (Phi) is 2.83. The number of rotatable bonds is 2. The highest BCUT2D eigenvalue weighted by atomic mass is 32.1. The van der Waals surface area contributed by atoms with Crippen LogP contribution >= 0.6 is 11.3 Å². The molecular weight excluding hydrogens is 212 g/mol. The van der Waals surface area contributed by atoms with Crippen molar-refractivity contribution in [1.82, 2.24) is 10.2 Å². The van der Waals surface area contributed by atoms with Crippen LogP contribution in [0.4, 0.5) is 0 Å². The molecule has 4 nitrogen and oxygen atoms in total. The first-order valence-electron chi connectivity index (χ1n) is 4.73. The first-order valence-corrected chi connectivity index (χ1v) is 5.61. The van der Waals surface area contributed by atoms with E-state index in [1.165, 1.54) is 10.4 Å². The lowest BCUT2D eigenvalue weighted by atomic mass is 10.2. The molecule has 0 atom stereocenters. The van der Waals surface area contributed by atoms with Gasteiger partial charge in [0.2, 0.25) is 11.8 Å². The number of thiophene rings is 1. The average Bonchev–Trinajstić information content (AvgIpc) is 2.50. The van der Waals surface area contributed by atoms with Gasteiger partial charge in [0.1, 0.15) is 0 Å². The molecule has 1 aromatic heterocycles. The van der Waals surface area contributed by atoms with Crippen LogP contribution in [0.25, 0.3) is 0 Å². The van der Waals surface area contributed by atoms with E-state index < -0.39 is 0 Å². The Balaban J connectivity index is 2.03. The summed E-state index contributed by atoms with van der Waals surface area (Å²) in [4.78, 5) is 25.3. The molecular formula is C10H12N2O2S. The van der Waals surface area contributed by atoms with Crippen molar-refractivity contribution >= 4 is 23.2 Å². The zero-order valence-corrected chi connectivity index (χ0v) is 9.26. The van der Waals surface area contributed by atoms with Crippen LogP contribution in [0.3, 0.4) is 0 Å². The fraction of sp³-hybridized carbons (Fsp3) is 0.400. The van der Waals surface area contributed by atoms with Crippen LogP contribution in [0.1, 0.15) is 10.4 Å². The molecule has 1 saturated heterocycles. The molecule has 0 spiro atoms. The summed E-state index contributed by atoms with van der Waals surface area (Å²) >= 11 is 1.66. The molecule has 80 valence electrons. The van der Waals surface area contributed by atoms with Gasteiger partial charge in [-0.1, -0.05) is 0 Å². The number of carbonyl (C=O) groups is 2. The third-order valence-corrected chi connectivity index (χ3v) is 3.36. The van der Waals surface area contributed by atoms with Crippen LogP contribution < -0.4 is 5.32 Å². The molecule has 2 heterocycles. The van der Waals surface area contributed by atoms with Crippen molar-refractivity contribution in [3.63, 3.8) is 0 Å². The third kappa shape index (κ3) is 2.43. The number of hydrogen-bond acceptors (Lipinski definition) is 4. The second-order valence-electron chi connectivity index (χ2n) is 3.64. The number of nitrogens with one attached hydrogen (secondary N) is 1. The van der Waals surface area contributed by atoms with Gasteiger partial charge in [0.15, 0.2) is 0 Å². The summed E-state index contributed by atoms with van der Waals surface area (Å²) in [7, 11) is 0. The van der Waals surface area contributed by atoms with E-state index in [9.17, 15) is 9.59 Å². The van der Waals surface area contributed by atoms with Crippen molar-refractivity contribution in [1.29, 1.82) is 0 Å². The maximum atomic E-state index is 11.1. The fourth-order valence-electron chi connectivity index (χ4n) is 1.58. The van der Waals surface area contributed by atoms with E-state index in [1.54, 1.807) is 11.3 Å². The molecule has 1 fully saturated rings. The van der Waals surface area contributed by atoms with Gasteiger partial charge in [-0.3, -0.25) is 19.8 Å². The molecule has 0 bridgehead atoms. The Hall–Kier alpha value is -1.20.